The molecule has 0 fully saturated rings. The number of phenols is 1. The lowest BCUT2D eigenvalue weighted by Gasteiger charge is -2.23. The second kappa shape index (κ2) is 5.43. The molecule has 0 heterocycles. The highest BCUT2D eigenvalue weighted by Crippen LogP contribution is 2.28. The van der Waals surface area contributed by atoms with Gasteiger partial charge < -0.3 is 26.0 Å². The van der Waals surface area contributed by atoms with E-state index in [0.29, 0.717) is 24.5 Å². The van der Waals surface area contributed by atoms with Crippen molar-refractivity contribution in [3.8, 4) is 5.75 Å². The van der Waals surface area contributed by atoms with Crippen LogP contribution >= 0.6 is 0 Å². The minimum Gasteiger partial charge on any atom is -0.506 e. The van der Waals surface area contributed by atoms with Gasteiger partial charge in [-0.25, -0.2) is 0 Å². The van der Waals surface area contributed by atoms with Crippen LogP contribution in [0.3, 0.4) is 0 Å². The highest BCUT2D eigenvalue weighted by atomic mass is 16.3. The van der Waals surface area contributed by atoms with E-state index in [9.17, 15) is 5.11 Å². The van der Waals surface area contributed by atoms with E-state index in [2.05, 4.69) is 0 Å². The van der Waals surface area contributed by atoms with Crippen LogP contribution in [0.25, 0.3) is 0 Å². The van der Waals surface area contributed by atoms with Crippen molar-refractivity contribution in [2.75, 3.05) is 36.9 Å². The van der Waals surface area contributed by atoms with Crippen molar-refractivity contribution in [2.24, 2.45) is 0 Å². The number of aliphatic hydroxyl groups excluding tert-OH is 2. The van der Waals surface area contributed by atoms with Gasteiger partial charge >= 0.3 is 0 Å². The third kappa shape index (κ3) is 3.00. The summed E-state index contributed by atoms with van der Waals surface area (Å²) in [5, 5.41) is 27.3. The van der Waals surface area contributed by atoms with Gasteiger partial charge in [0.15, 0.2) is 0 Å². The molecule has 84 valence electrons. The molecule has 0 saturated heterocycles. The van der Waals surface area contributed by atoms with Crippen molar-refractivity contribution in [2.45, 2.75) is 0 Å². The lowest BCUT2D eigenvalue weighted by Crippen LogP contribution is -2.29. The molecular weight excluding hydrogens is 196 g/mol. The number of aliphatic hydroxyl groups is 2. The molecule has 5 heteroatoms. The number of rotatable bonds is 5. The Bertz CT molecular complexity index is 312. The fourth-order valence-electron chi connectivity index (χ4n) is 1.39. The number of aromatic hydroxyl groups is 1. The third-order valence-electron chi connectivity index (χ3n) is 2.08. The summed E-state index contributed by atoms with van der Waals surface area (Å²) in [6.45, 7) is 0.595. The van der Waals surface area contributed by atoms with E-state index in [-0.39, 0.29) is 19.0 Å². The quantitative estimate of drug-likeness (QED) is 0.400. The van der Waals surface area contributed by atoms with Crippen molar-refractivity contribution in [3.63, 3.8) is 0 Å². The summed E-state index contributed by atoms with van der Waals surface area (Å²) in [6.07, 6.45) is 0. The molecule has 5 N–H and O–H groups in total. The molecule has 15 heavy (non-hydrogen) atoms. The molecule has 0 radical (unpaired) electrons. The molecule has 0 atom stereocenters. The molecule has 1 aromatic rings. The number of nitrogen functional groups attached to an aromatic ring is 1. The molecule has 5 nitrogen and oxygen atoms in total. The second-order valence-corrected chi connectivity index (χ2v) is 3.18. The van der Waals surface area contributed by atoms with E-state index in [1.807, 2.05) is 0 Å². The molecule has 0 aromatic heterocycles. The fraction of sp³-hybridized carbons (Fsp3) is 0.400. The Morgan fingerprint density at radius 3 is 2.27 bits per heavy atom. The fourth-order valence-corrected chi connectivity index (χ4v) is 1.39. The Balaban J connectivity index is 2.93. The maximum absolute atomic E-state index is 9.60. The van der Waals surface area contributed by atoms with Crippen molar-refractivity contribution in [3.05, 3.63) is 18.2 Å². The van der Waals surface area contributed by atoms with E-state index in [4.69, 9.17) is 15.9 Å². The molecule has 0 aliphatic heterocycles. The predicted molar refractivity (Wildman–Crippen MR) is 58.9 cm³/mol. The third-order valence-corrected chi connectivity index (χ3v) is 2.08. The van der Waals surface area contributed by atoms with Crippen LogP contribution in [-0.2, 0) is 0 Å². The summed E-state index contributed by atoms with van der Waals surface area (Å²) in [6, 6.07) is 4.70. The summed E-state index contributed by atoms with van der Waals surface area (Å²) in [5.41, 5.74) is 6.65. The molecule has 1 rings (SSSR count). The van der Waals surface area contributed by atoms with E-state index in [0.717, 1.165) is 0 Å². The van der Waals surface area contributed by atoms with E-state index in [1.165, 1.54) is 6.07 Å². The molecule has 0 bridgehead atoms. The van der Waals surface area contributed by atoms with Gasteiger partial charge in [0.2, 0.25) is 0 Å². The van der Waals surface area contributed by atoms with E-state index >= 15 is 0 Å². The highest BCUT2D eigenvalue weighted by Gasteiger charge is 2.10. The number of nitrogens with two attached hydrogens (primary N) is 1. The average Bonchev–Trinajstić information content (AvgIpc) is 2.21. The normalized spacial score (nSPS) is 10.3. The lowest BCUT2D eigenvalue weighted by atomic mass is 10.2. The molecule has 0 amide bonds. The van der Waals surface area contributed by atoms with Gasteiger partial charge in [0.25, 0.3) is 0 Å². The van der Waals surface area contributed by atoms with Crippen molar-refractivity contribution in [1.29, 1.82) is 0 Å². The van der Waals surface area contributed by atoms with Gasteiger partial charge in [0.05, 0.1) is 18.9 Å². The summed E-state index contributed by atoms with van der Waals surface area (Å²) >= 11 is 0. The minimum absolute atomic E-state index is 0.0474. The van der Waals surface area contributed by atoms with Crippen LogP contribution in [0.1, 0.15) is 0 Å². The molecule has 0 saturated carbocycles. The van der Waals surface area contributed by atoms with Gasteiger partial charge in [-0.3, -0.25) is 0 Å². The van der Waals surface area contributed by atoms with Crippen molar-refractivity contribution >= 4 is 11.4 Å². The number of benzene rings is 1. The van der Waals surface area contributed by atoms with Crippen LogP contribution in [0, 0.1) is 0 Å². The van der Waals surface area contributed by atoms with Gasteiger partial charge in [-0.2, -0.15) is 0 Å². The summed E-state index contributed by atoms with van der Waals surface area (Å²) in [5.74, 6) is 0.0890. The first kappa shape index (κ1) is 11.6. The first-order valence-corrected chi connectivity index (χ1v) is 4.74. The first-order chi connectivity index (χ1) is 7.19. The lowest BCUT2D eigenvalue weighted by molar-refractivity contribution is 0.280. The van der Waals surface area contributed by atoms with Crippen molar-refractivity contribution in [1.82, 2.24) is 0 Å². The van der Waals surface area contributed by atoms with Crippen LogP contribution in [0.15, 0.2) is 18.2 Å². The van der Waals surface area contributed by atoms with Gasteiger partial charge in [0.1, 0.15) is 5.75 Å². The Morgan fingerprint density at radius 1 is 1.13 bits per heavy atom. The SMILES string of the molecule is Nc1ccc(O)c(N(CCO)CCO)c1. The zero-order valence-electron chi connectivity index (χ0n) is 8.43. The Morgan fingerprint density at radius 2 is 1.73 bits per heavy atom. The smallest absolute Gasteiger partial charge is 0.139 e. The van der Waals surface area contributed by atoms with Gasteiger partial charge in [0, 0.05) is 18.8 Å². The molecule has 0 aliphatic rings. The van der Waals surface area contributed by atoms with Gasteiger partial charge in [-0.15, -0.1) is 0 Å². The zero-order chi connectivity index (χ0) is 11.3. The summed E-state index contributed by atoms with van der Waals surface area (Å²) in [7, 11) is 0. The first-order valence-electron chi connectivity index (χ1n) is 4.74. The number of hydrogen-bond acceptors (Lipinski definition) is 5. The number of hydrogen-bond donors (Lipinski definition) is 4. The van der Waals surface area contributed by atoms with Crippen LogP contribution in [0.2, 0.25) is 0 Å². The van der Waals surface area contributed by atoms with Crippen molar-refractivity contribution < 1.29 is 15.3 Å². The zero-order valence-corrected chi connectivity index (χ0v) is 8.43. The van der Waals surface area contributed by atoms with Crippen LogP contribution in [0.4, 0.5) is 11.4 Å². The standard InChI is InChI=1S/C10H16N2O3/c11-8-1-2-10(15)9(7-8)12(3-5-13)4-6-14/h1-2,7,13-15H,3-6,11H2. The predicted octanol–water partition coefficient (Wildman–Crippen LogP) is -0.235. The van der Waals surface area contributed by atoms with Crippen LogP contribution in [0.5, 0.6) is 5.75 Å². The number of nitrogens with zero attached hydrogens (tertiary/aromatic N) is 1. The minimum atomic E-state index is -0.0474. The largest absolute Gasteiger partial charge is 0.506 e. The number of phenolic OH excluding ortho intramolecular Hbond substituents is 1. The Hall–Kier alpha value is -1.46. The van der Waals surface area contributed by atoms with Crippen LogP contribution in [-0.4, -0.2) is 41.6 Å². The second-order valence-electron chi connectivity index (χ2n) is 3.18. The molecule has 0 aliphatic carbocycles. The monoisotopic (exact) mass is 212 g/mol. The van der Waals surface area contributed by atoms with E-state index in [1.54, 1.807) is 17.0 Å². The highest BCUT2D eigenvalue weighted by molar-refractivity contribution is 5.64. The maximum atomic E-state index is 9.60. The van der Waals surface area contributed by atoms with Gasteiger partial charge in [-0.05, 0) is 18.2 Å². The number of anilines is 2. The summed E-state index contributed by atoms with van der Waals surface area (Å²) in [4.78, 5) is 1.67. The Labute approximate surface area is 88.4 Å². The maximum Gasteiger partial charge on any atom is 0.139 e. The molecule has 0 unspecified atom stereocenters. The molecular formula is C10H16N2O3. The van der Waals surface area contributed by atoms with Crippen LogP contribution < -0.4 is 10.6 Å². The topological polar surface area (TPSA) is 90.0 Å². The van der Waals surface area contributed by atoms with Gasteiger partial charge in [-0.1, -0.05) is 0 Å². The van der Waals surface area contributed by atoms with E-state index < -0.39 is 0 Å². The Kier molecular flexibility index (Phi) is 4.20. The molecule has 0 spiro atoms. The summed E-state index contributed by atoms with van der Waals surface area (Å²) < 4.78 is 0. The molecule has 1 aromatic carbocycles. The average molecular weight is 212 g/mol.